The first-order chi connectivity index (χ1) is 14.6. The van der Waals surface area contributed by atoms with Crippen molar-refractivity contribution < 1.29 is 17.9 Å². The predicted octanol–water partition coefficient (Wildman–Crippen LogP) is 3.51. The molecule has 2 aromatic rings. The van der Waals surface area contributed by atoms with Crippen molar-refractivity contribution in [2.24, 2.45) is 13.0 Å². The van der Waals surface area contributed by atoms with E-state index in [1.54, 1.807) is 17.0 Å². The van der Waals surface area contributed by atoms with Gasteiger partial charge in [0, 0.05) is 31.5 Å². The molecule has 1 unspecified atom stereocenters. The second-order valence-electron chi connectivity index (χ2n) is 8.26. The van der Waals surface area contributed by atoms with Gasteiger partial charge in [0.05, 0.1) is 25.1 Å². The topological polar surface area (TPSA) is 71.9 Å². The molecule has 1 amide bonds. The van der Waals surface area contributed by atoms with Gasteiger partial charge in [-0.2, -0.15) is 4.31 Å². The largest absolute Gasteiger partial charge is 0.497 e. The molecule has 0 spiro atoms. The number of ether oxygens (including phenoxy) is 1. The summed E-state index contributed by atoms with van der Waals surface area (Å²) in [5.74, 6) is 0.641. The van der Waals surface area contributed by atoms with Crippen molar-refractivity contribution in [2.75, 3.05) is 20.2 Å². The van der Waals surface area contributed by atoms with Gasteiger partial charge < -0.3 is 14.2 Å². The molecule has 172 valence electrons. The summed E-state index contributed by atoms with van der Waals surface area (Å²) in [4.78, 5) is 15.2. The number of hydrogen-bond acceptors (Lipinski definition) is 4. The molecular formula is C23H35N3O4S. The SMILES string of the molecule is CCC(C)N(CC(=O)N(Cc1cccn1C)CC(C)C)S(=O)(=O)c1ccc(OC)cc1. The van der Waals surface area contributed by atoms with Gasteiger partial charge in [-0.05, 0) is 55.7 Å². The molecule has 1 heterocycles. The molecule has 7 nitrogen and oxygen atoms in total. The number of carbonyl (C=O) groups is 1. The fourth-order valence-electron chi connectivity index (χ4n) is 3.35. The van der Waals surface area contributed by atoms with Crippen molar-refractivity contribution in [3.63, 3.8) is 0 Å². The average molecular weight is 450 g/mol. The molecule has 8 heteroatoms. The molecule has 0 radical (unpaired) electrons. The molecule has 1 atom stereocenters. The van der Waals surface area contributed by atoms with Gasteiger partial charge in [-0.3, -0.25) is 4.79 Å². The van der Waals surface area contributed by atoms with Gasteiger partial charge in [-0.25, -0.2) is 8.42 Å². The van der Waals surface area contributed by atoms with E-state index in [4.69, 9.17) is 4.74 Å². The number of hydrogen-bond donors (Lipinski definition) is 0. The van der Waals surface area contributed by atoms with Crippen molar-refractivity contribution in [3.05, 3.63) is 48.3 Å². The Morgan fingerprint density at radius 3 is 2.26 bits per heavy atom. The van der Waals surface area contributed by atoms with Gasteiger partial charge in [-0.1, -0.05) is 20.8 Å². The molecule has 0 saturated carbocycles. The van der Waals surface area contributed by atoms with Gasteiger partial charge in [0.1, 0.15) is 5.75 Å². The van der Waals surface area contributed by atoms with E-state index in [1.807, 2.05) is 57.6 Å². The highest BCUT2D eigenvalue weighted by Crippen LogP contribution is 2.23. The number of sulfonamides is 1. The van der Waals surface area contributed by atoms with Crippen LogP contribution in [0.1, 0.15) is 39.8 Å². The summed E-state index contributed by atoms with van der Waals surface area (Å²) in [5, 5.41) is 0. The number of amides is 1. The zero-order valence-electron chi connectivity index (χ0n) is 19.4. The van der Waals surface area contributed by atoms with Crippen LogP contribution in [0.15, 0.2) is 47.5 Å². The third kappa shape index (κ3) is 6.33. The third-order valence-electron chi connectivity index (χ3n) is 5.38. The maximum absolute atomic E-state index is 13.4. The summed E-state index contributed by atoms with van der Waals surface area (Å²) in [6, 6.07) is 9.86. The highest BCUT2D eigenvalue weighted by molar-refractivity contribution is 7.89. The molecule has 1 aromatic carbocycles. The van der Waals surface area contributed by atoms with E-state index in [1.165, 1.54) is 23.5 Å². The number of aromatic nitrogens is 1. The molecule has 0 saturated heterocycles. The first kappa shape index (κ1) is 24.9. The minimum absolute atomic E-state index is 0.152. The van der Waals surface area contributed by atoms with E-state index in [-0.39, 0.29) is 29.3 Å². The Morgan fingerprint density at radius 1 is 1.13 bits per heavy atom. The van der Waals surface area contributed by atoms with Crippen LogP contribution < -0.4 is 4.74 Å². The summed E-state index contributed by atoms with van der Waals surface area (Å²) in [6.45, 7) is 8.65. The zero-order chi connectivity index (χ0) is 23.2. The predicted molar refractivity (Wildman–Crippen MR) is 122 cm³/mol. The molecule has 1 aromatic heterocycles. The molecule has 31 heavy (non-hydrogen) atoms. The zero-order valence-corrected chi connectivity index (χ0v) is 20.2. The van der Waals surface area contributed by atoms with Crippen molar-refractivity contribution in [1.29, 1.82) is 0 Å². The normalized spacial score (nSPS) is 12.9. The van der Waals surface area contributed by atoms with Gasteiger partial charge in [0.25, 0.3) is 0 Å². The third-order valence-corrected chi connectivity index (χ3v) is 7.36. The van der Waals surface area contributed by atoms with E-state index in [9.17, 15) is 13.2 Å². The molecule has 0 aliphatic heterocycles. The van der Waals surface area contributed by atoms with E-state index < -0.39 is 10.0 Å². The Bertz CT molecular complexity index is 951. The van der Waals surface area contributed by atoms with E-state index in [0.717, 1.165) is 5.69 Å². The highest BCUT2D eigenvalue weighted by atomic mass is 32.2. The van der Waals surface area contributed by atoms with Gasteiger partial charge in [0.15, 0.2) is 0 Å². The summed E-state index contributed by atoms with van der Waals surface area (Å²) in [5.41, 5.74) is 1.00. The van der Waals surface area contributed by atoms with Crippen LogP contribution in [0.2, 0.25) is 0 Å². The van der Waals surface area contributed by atoms with Crippen LogP contribution in [-0.2, 0) is 28.4 Å². The Balaban J connectivity index is 2.31. The maximum atomic E-state index is 13.4. The molecule has 0 N–H and O–H groups in total. The van der Waals surface area contributed by atoms with E-state index in [0.29, 0.717) is 25.3 Å². The van der Waals surface area contributed by atoms with Crippen LogP contribution in [0.4, 0.5) is 0 Å². The molecule has 0 aliphatic rings. The van der Waals surface area contributed by atoms with Crippen LogP contribution >= 0.6 is 0 Å². The summed E-state index contributed by atoms with van der Waals surface area (Å²) in [7, 11) is -0.371. The average Bonchev–Trinajstić information content (AvgIpc) is 3.14. The number of methoxy groups -OCH3 is 1. The number of nitrogens with zero attached hydrogens (tertiary/aromatic N) is 3. The standard InChI is InChI=1S/C23H35N3O4S/c1-7-19(4)26(31(28,29)22-12-10-21(30-6)11-13-22)17-23(27)25(15-18(2)3)16-20-9-8-14-24(20)5/h8-14,18-19H,7,15-17H2,1-6H3. The van der Waals surface area contributed by atoms with Crippen molar-refractivity contribution in [3.8, 4) is 5.75 Å². The molecule has 0 aliphatic carbocycles. The van der Waals surface area contributed by atoms with Gasteiger partial charge in [-0.15, -0.1) is 0 Å². The Morgan fingerprint density at radius 2 is 1.77 bits per heavy atom. The van der Waals surface area contributed by atoms with Crippen LogP contribution in [0.3, 0.4) is 0 Å². The lowest BCUT2D eigenvalue weighted by Crippen LogP contribution is -2.47. The Labute approximate surface area is 186 Å². The number of benzene rings is 1. The summed E-state index contributed by atoms with van der Waals surface area (Å²) < 4.78 is 35.2. The quantitative estimate of drug-likeness (QED) is 0.526. The van der Waals surface area contributed by atoms with E-state index in [2.05, 4.69) is 0 Å². The van der Waals surface area contributed by atoms with Gasteiger partial charge >= 0.3 is 0 Å². The van der Waals surface area contributed by atoms with Crippen molar-refractivity contribution >= 4 is 15.9 Å². The fourth-order valence-corrected chi connectivity index (χ4v) is 5.00. The number of rotatable bonds is 11. The lowest BCUT2D eigenvalue weighted by molar-refractivity contribution is -0.133. The lowest BCUT2D eigenvalue weighted by Gasteiger charge is -2.31. The fraction of sp³-hybridized carbons (Fsp3) is 0.522. The first-order valence-corrected chi connectivity index (χ1v) is 12.1. The smallest absolute Gasteiger partial charge is 0.243 e. The monoisotopic (exact) mass is 449 g/mol. The molecular weight excluding hydrogens is 414 g/mol. The van der Waals surface area contributed by atoms with Gasteiger partial charge in [0.2, 0.25) is 15.9 Å². The first-order valence-electron chi connectivity index (χ1n) is 10.6. The van der Waals surface area contributed by atoms with Crippen molar-refractivity contribution in [1.82, 2.24) is 13.8 Å². The Kier molecular flexibility index (Phi) is 8.70. The molecule has 0 bridgehead atoms. The van der Waals surface area contributed by atoms with Crippen LogP contribution in [0.25, 0.3) is 0 Å². The number of carbonyl (C=O) groups excluding carboxylic acids is 1. The molecule has 2 rings (SSSR count). The highest BCUT2D eigenvalue weighted by Gasteiger charge is 2.32. The van der Waals surface area contributed by atoms with Crippen molar-refractivity contribution in [2.45, 2.75) is 51.6 Å². The molecule has 0 fully saturated rings. The second-order valence-corrected chi connectivity index (χ2v) is 10.2. The van der Waals surface area contributed by atoms with Crippen LogP contribution in [0, 0.1) is 5.92 Å². The minimum Gasteiger partial charge on any atom is -0.497 e. The van der Waals surface area contributed by atoms with Crippen LogP contribution in [-0.4, -0.2) is 54.3 Å². The maximum Gasteiger partial charge on any atom is 0.243 e. The second kappa shape index (κ2) is 10.8. The number of aryl methyl sites for hydroxylation is 1. The lowest BCUT2D eigenvalue weighted by atomic mass is 10.2. The Hall–Kier alpha value is -2.32. The minimum atomic E-state index is -3.84. The van der Waals surface area contributed by atoms with Crippen LogP contribution in [0.5, 0.6) is 5.75 Å². The summed E-state index contributed by atoms with van der Waals surface area (Å²) in [6.07, 6.45) is 2.54. The van der Waals surface area contributed by atoms with E-state index >= 15 is 0 Å². The summed E-state index contributed by atoms with van der Waals surface area (Å²) >= 11 is 0.